The number of halogens is 1. The number of benzene rings is 1. The molecule has 27 heavy (non-hydrogen) atoms. The smallest absolute Gasteiger partial charge is 0.327 e. The number of nitrogens with zero attached hydrogens (tertiary/aromatic N) is 1. The van der Waals surface area contributed by atoms with Gasteiger partial charge in [0.2, 0.25) is 0 Å². The van der Waals surface area contributed by atoms with E-state index in [0.29, 0.717) is 11.8 Å². The second kappa shape index (κ2) is 9.17. The van der Waals surface area contributed by atoms with Crippen molar-refractivity contribution in [3.8, 4) is 6.07 Å². The van der Waals surface area contributed by atoms with Gasteiger partial charge in [-0.2, -0.15) is 5.26 Å². The van der Waals surface area contributed by atoms with E-state index in [1.165, 1.54) is 44.6 Å². The maximum absolute atomic E-state index is 13.9. The van der Waals surface area contributed by atoms with E-state index < -0.39 is 11.8 Å². The van der Waals surface area contributed by atoms with Gasteiger partial charge in [-0.05, 0) is 99.2 Å². The summed E-state index contributed by atoms with van der Waals surface area (Å²) in [6, 6.07) is 6.97. The van der Waals surface area contributed by atoms with Gasteiger partial charge in [-0.25, -0.2) is 9.18 Å². The highest BCUT2D eigenvalue weighted by Gasteiger charge is 2.31. The zero-order valence-electron chi connectivity index (χ0n) is 15.7. The molecule has 3 nitrogen and oxygen atoms in total. The van der Waals surface area contributed by atoms with Crippen molar-refractivity contribution in [2.24, 2.45) is 17.8 Å². The molecule has 2 fully saturated rings. The van der Waals surface area contributed by atoms with Crippen LogP contribution in [0.1, 0.15) is 74.8 Å². The third-order valence-corrected chi connectivity index (χ3v) is 6.64. The van der Waals surface area contributed by atoms with Crippen molar-refractivity contribution in [1.82, 2.24) is 0 Å². The Morgan fingerprint density at radius 2 is 1.74 bits per heavy atom. The Balaban J connectivity index is 1.45. The molecule has 1 N–H and O–H groups in total. The summed E-state index contributed by atoms with van der Waals surface area (Å²) in [4.78, 5) is 10.6. The Hall–Kier alpha value is -2.15. The van der Waals surface area contributed by atoms with Crippen LogP contribution in [0.2, 0.25) is 0 Å². The number of rotatable bonds is 5. The molecule has 0 radical (unpaired) electrons. The zero-order valence-corrected chi connectivity index (χ0v) is 15.7. The predicted molar refractivity (Wildman–Crippen MR) is 103 cm³/mol. The molecule has 0 amide bonds. The van der Waals surface area contributed by atoms with Crippen LogP contribution in [0.25, 0.3) is 0 Å². The molecular weight excluding hydrogens is 341 g/mol. The molecule has 2 aliphatic rings. The lowest BCUT2D eigenvalue weighted by Gasteiger charge is -2.38. The van der Waals surface area contributed by atoms with E-state index in [1.54, 1.807) is 18.2 Å². The fourth-order valence-electron chi connectivity index (χ4n) is 5.06. The normalized spacial score (nSPS) is 28.7. The third kappa shape index (κ3) is 5.19. The van der Waals surface area contributed by atoms with Gasteiger partial charge in [0.15, 0.2) is 0 Å². The summed E-state index contributed by atoms with van der Waals surface area (Å²) >= 11 is 0. The van der Waals surface area contributed by atoms with E-state index in [2.05, 4.69) is 0 Å². The topological polar surface area (TPSA) is 61.1 Å². The van der Waals surface area contributed by atoms with Gasteiger partial charge in [-0.3, -0.25) is 0 Å². The van der Waals surface area contributed by atoms with E-state index in [0.717, 1.165) is 36.7 Å². The summed E-state index contributed by atoms with van der Waals surface area (Å²) in [5.74, 6) is 1.37. The molecular formula is C23H28FNO2. The fraction of sp³-hybridized carbons (Fsp3) is 0.565. The Morgan fingerprint density at radius 3 is 2.30 bits per heavy atom. The molecule has 0 bridgehead atoms. The molecule has 4 heteroatoms. The molecule has 2 saturated carbocycles. The van der Waals surface area contributed by atoms with Crippen molar-refractivity contribution in [3.05, 3.63) is 47.3 Å². The summed E-state index contributed by atoms with van der Waals surface area (Å²) in [6.07, 6.45) is 13.5. The van der Waals surface area contributed by atoms with Crippen molar-refractivity contribution in [3.63, 3.8) is 0 Å². The first kappa shape index (κ1) is 19.6. The quantitative estimate of drug-likeness (QED) is 0.666. The molecule has 0 heterocycles. The minimum Gasteiger partial charge on any atom is -0.478 e. The SMILES string of the molecule is N#Cc1ccc(C2CCC(C3CCC(C/C=C/C(=O)O)CC3)CC2)cc1F. The summed E-state index contributed by atoms with van der Waals surface area (Å²) in [7, 11) is 0. The lowest BCUT2D eigenvalue weighted by Crippen LogP contribution is -2.25. The summed E-state index contributed by atoms with van der Waals surface area (Å²) in [5.41, 5.74) is 1.17. The molecule has 1 aromatic carbocycles. The number of hydrogen-bond acceptors (Lipinski definition) is 2. The van der Waals surface area contributed by atoms with Crippen LogP contribution in [0.3, 0.4) is 0 Å². The van der Waals surface area contributed by atoms with Crippen LogP contribution < -0.4 is 0 Å². The first-order valence-electron chi connectivity index (χ1n) is 10.2. The average molecular weight is 369 g/mol. The van der Waals surface area contributed by atoms with E-state index in [-0.39, 0.29) is 5.56 Å². The highest BCUT2D eigenvalue weighted by molar-refractivity contribution is 5.79. The molecule has 0 aromatic heterocycles. The average Bonchev–Trinajstić information content (AvgIpc) is 2.68. The highest BCUT2D eigenvalue weighted by atomic mass is 19.1. The molecule has 144 valence electrons. The zero-order chi connectivity index (χ0) is 19.2. The van der Waals surface area contributed by atoms with Crippen molar-refractivity contribution < 1.29 is 14.3 Å². The maximum Gasteiger partial charge on any atom is 0.327 e. The van der Waals surface area contributed by atoms with Crippen LogP contribution in [0.4, 0.5) is 4.39 Å². The predicted octanol–water partition coefficient (Wildman–Crippen LogP) is 5.81. The van der Waals surface area contributed by atoms with Crippen molar-refractivity contribution in [1.29, 1.82) is 5.26 Å². The second-order valence-electron chi connectivity index (χ2n) is 8.22. The van der Waals surface area contributed by atoms with Crippen molar-refractivity contribution in [2.45, 2.75) is 63.7 Å². The number of aliphatic carboxylic acids is 1. The first-order valence-corrected chi connectivity index (χ1v) is 10.2. The number of allylic oxidation sites excluding steroid dienone is 1. The molecule has 0 atom stereocenters. The van der Waals surface area contributed by atoms with Gasteiger partial charge < -0.3 is 5.11 Å². The molecule has 3 rings (SSSR count). The highest BCUT2D eigenvalue weighted by Crippen LogP contribution is 2.44. The Labute approximate surface area is 160 Å². The fourth-order valence-corrected chi connectivity index (χ4v) is 5.06. The van der Waals surface area contributed by atoms with Crippen LogP contribution in [0.5, 0.6) is 0 Å². The van der Waals surface area contributed by atoms with Crippen LogP contribution in [0, 0.1) is 34.9 Å². The standard InChI is InChI=1S/C23H28FNO2/c24-22-14-20(12-13-21(22)15-25)19-10-8-18(9-11-19)17-6-4-16(5-7-17)2-1-3-23(26)27/h1,3,12-14,16-19H,2,4-11H2,(H,26,27)/b3-1+. The lowest BCUT2D eigenvalue weighted by atomic mass is 9.68. The van der Waals surface area contributed by atoms with Crippen molar-refractivity contribution >= 4 is 5.97 Å². The number of carbonyl (C=O) groups is 1. The van der Waals surface area contributed by atoms with Gasteiger partial charge in [0.25, 0.3) is 0 Å². The number of carboxylic acids is 1. The molecule has 0 unspecified atom stereocenters. The maximum atomic E-state index is 13.9. The van der Waals surface area contributed by atoms with Gasteiger partial charge in [-0.1, -0.05) is 12.1 Å². The van der Waals surface area contributed by atoms with Crippen LogP contribution in [0.15, 0.2) is 30.4 Å². The number of carboxylic acid groups (broad SMARTS) is 1. The summed E-state index contributed by atoms with van der Waals surface area (Å²) in [5, 5.41) is 17.5. The minimum absolute atomic E-state index is 0.127. The van der Waals surface area contributed by atoms with Gasteiger partial charge in [-0.15, -0.1) is 0 Å². The molecule has 0 spiro atoms. The van der Waals surface area contributed by atoms with E-state index in [9.17, 15) is 9.18 Å². The van der Waals surface area contributed by atoms with Crippen LogP contribution in [-0.4, -0.2) is 11.1 Å². The first-order chi connectivity index (χ1) is 13.1. The molecule has 0 aliphatic heterocycles. The second-order valence-corrected chi connectivity index (χ2v) is 8.22. The van der Waals surface area contributed by atoms with Crippen LogP contribution >= 0.6 is 0 Å². The summed E-state index contributed by atoms with van der Waals surface area (Å²) in [6.45, 7) is 0. The number of nitriles is 1. The van der Waals surface area contributed by atoms with Gasteiger partial charge >= 0.3 is 5.97 Å². The Bertz CT molecular complexity index is 720. The van der Waals surface area contributed by atoms with Gasteiger partial charge in [0.1, 0.15) is 11.9 Å². The Kier molecular flexibility index (Phi) is 6.66. The molecule has 0 saturated heterocycles. The molecule has 1 aromatic rings. The monoisotopic (exact) mass is 369 g/mol. The van der Waals surface area contributed by atoms with E-state index in [1.807, 2.05) is 12.1 Å². The van der Waals surface area contributed by atoms with E-state index in [4.69, 9.17) is 10.4 Å². The summed E-state index contributed by atoms with van der Waals surface area (Å²) < 4.78 is 13.9. The van der Waals surface area contributed by atoms with Gasteiger partial charge in [0, 0.05) is 6.08 Å². The van der Waals surface area contributed by atoms with Crippen LogP contribution in [-0.2, 0) is 4.79 Å². The largest absolute Gasteiger partial charge is 0.478 e. The van der Waals surface area contributed by atoms with Gasteiger partial charge in [0.05, 0.1) is 5.56 Å². The Morgan fingerprint density at radius 1 is 1.11 bits per heavy atom. The lowest BCUT2D eigenvalue weighted by molar-refractivity contribution is -0.131. The number of hydrogen-bond donors (Lipinski definition) is 1. The van der Waals surface area contributed by atoms with E-state index >= 15 is 0 Å². The molecule has 2 aliphatic carbocycles. The van der Waals surface area contributed by atoms with Crippen molar-refractivity contribution in [2.75, 3.05) is 0 Å². The third-order valence-electron chi connectivity index (χ3n) is 6.64. The minimum atomic E-state index is -0.859.